The van der Waals surface area contributed by atoms with Gasteiger partial charge in [-0.05, 0) is 69.7 Å². The lowest BCUT2D eigenvalue weighted by Crippen LogP contribution is -2.42. The zero-order chi connectivity index (χ0) is 24.1. The van der Waals surface area contributed by atoms with E-state index in [1.54, 1.807) is 26.5 Å². The van der Waals surface area contributed by atoms with E-state index in [9.17, 15) is 4.39 Å². The van der Waals surface area contributed by atoms with Crippen LogP contribution >= 0.6 is 11.6 Å². The van der Waals surface area contributed by atoms with Crippen molar-refractivity contribution in [3.05, 3.63) is 41.3 Å². The van der Waals surface area contributed by atoms with Crippen LogP contribution in [0.2, 0.25) is 5.02 Å². The van der Waals surface area contributed by atoms with Crippen LogP contribution in [-0.2, 0) is 9.47 Å². The van der Waals surface area contributed by atoms with Crippen molar-refractivity contribution in [3.63, 3.8) is 0 Å². The van der Waals surface area contributed by atoms with Crippen LogP contribution in [0.5, 0.6) is 0 Å². The second-order valence-corrected chi connectivity index (χ2v) is 10.1. The fourth-order valence-corrected chi connectivity index (χ4v) is 4.94. The average Bonchev–Trinajstić information content (AvgIpc) is 3.62. The SMILES string of the molecule is COC[C@@H](C)NC1CCC(Nc2cc(-c3cc(NCC4(OC)CC4)ccc3F)c(Cl)cn2)CC1. The summed E-state index contributed by atoms with van der Waals surface area (Å²) in [5, 5.41) is 11.0. The molecule has 0 saturated heterocycles. The molecule has 2 aromatic rings. The molecule has 0 radical (unpaired) electrons. The molecular formula is C26H36ClFN4O2. The maximum absolute atomic E-state index is 14.8. The van der Waals surface area contributed by atoms with Gasteiger partial charge in [-0.1, -0.05) is 11.6 Å². The molecule has 2 aliphatic rings. The number of nitrogens with one attached hydrogen (secondary N) is 3. The summed E-state index contributed by atoms with van der Waals surface area (Å²) in [6.07, 6.45) is 7.97. The molecule has 1 heterocycles. The quantitative estimate of drug-likeness (QED) is 0.387. The molecule has 186 valence electrons. The molecule has 0 bridgehead atoms. The molecule has 1 aromatic carbocycles. The Hall–Kier alpha value is -1.93. The first kappa shape index (κ1) is 25.2. The monoisotopic (exact) mass is 490 g/mol. The largest absolute Gasteiger partial charge is 0.383 e. The molecule has 8 heteroatoms. The van der Waals surface area contributed by atoms with E-state index in [-0.39, 0.29) is 11.4 Å². The first-order valence-corrected chi connectivity index (χ1v) is 12.5. The van der Waals surface area contributed by atoms with Gasteiger partial charge in [0, 0.05) is 61.9 Å². The molecule has 1 aromatic heterocycles. The molecule has 0 aliphatic heterocycles. The van der Waals surface area contributed by atoms with Crippen LogP contribution in [0.3, 0.4) is 0 Å². The van der Waals surface area contributed by atoms with Crippen LogP contribution in [0.1, 0.15) is 45.4 Å². The molecule has 2 aliphatic carbocycles. The van der Waals surface area contributed by atoms with Crippen molar-refractivity contribution in [3.8, 4) is 11.1 Å². The van der Waals surface area contributed by atoms with Crippen molar-refractivity contribution in [1.29, 1.82) is 0 Å². The number of methoxy groups -OCH3 is 2. The van der Waals surface area contributed by atoms with Gasteiger partial charge in [0.2, 0.25) is 0 Å². The van der Waals surface area contributed by atoms with Crippen LogP contribution in [0, 0.1) is 5.82 Å². The van der Waals surface area contributed by atoms with E-state index in [1.165, 1.54) is 6.07 Å². The third kappa shape index (κ3) is 6.39. The molecule has 6 nitrogen and oxygen atoms in total. The Balaban J connectivity index is 1.40. The van der Waals surface area contributed by atoms with E-state index in [0.717, 1.165) is 56.6 Å². The Morgan fingerprint density at radius 1 is 1.12 bits per heavy atom. The molecule has 0 unspecified atom stereocenters. The van der Waals surface area contributed by atoms with Gasteiger partial charge in [-0.3, -0.25) is 0 Å². The summed E-state index contributed by atoms with van der Waals surface area (Å²) in [6, 6.07) is 8.08. The van der Waals surface area contributed by atoms with Crippen molar-refractivity contribution in [1.82, 2.24) is 10.3 Å². The second kappa shape index (κ2) is 11.2. The number of hydrogen-bond acceptors (Lipinski definition) is 6. The summed E-state index contributed by atoms with van der Waals surface area (Å²) < 4.78 is 25.6. The zero-order valence-electron chi connectivity index (χ0n) is 20.3. The molecule has 4 rings (SSSR count). The summed E-state index contributed by atoms with van der Waals surface area (Å²) >= 11 is 6.46. The number of nitrogens with zero attached hydrogens (tertiary/aromatic N) is 1. The van der Waals surface area contributed by atoms with E-state index in [0.29, 0.717) is 40.8 Å². The normalized spacial score (nSPS) is 22.3. The summed E-state index contributed by atoms with van der Waals surface area (Å²) in [7, 11) is 3.47. The lowest BCUT2D eigenvalue weighted by molar-refractivity contribution is 0.0914. The number of benzene rings is 1. The molecule has 2 fully saturated rings. The Bertz CT molecular complexity index is 964. The summed E-state index contributed by atoms with van der Waals surface area (Å²) in [4.78, 5) is 4.46. The summed E-state index contributed by atoms with van der Waals surface area (Å²) in [5.41, 5.74) is 1.85. The molecule has 0 amide bonds. The minimum absolute atomic E-state index is 0.0870. The van der Waals surface area contributed by atoms with Crippen molar-refractivity contribution >= 4 is 23.1 Å². The van der Waals surface area contributed by atoms with E-state index >= 15 is 0 Å². The predicted molar refractivity (Wildman–Crippen MR) is 136 cm³/mol. The lowest BCUT2D eigenvalue weighted by atomic mass is 9.90. The van der Waals surface area contributed by atoms with E-state index in [4.69, 9.17) is 21.1 Å². The van der Waals surface area contributed by atoms with Gasteiger partial charge in [-0.25, -0.2) is 9.37 Å². The fraction of sp³-hybridized carbons (Fsp3) is 0.577. The number of anilines is 2. The van der Waals surface area contributed by atoms with Gasteiger partial charge < -0.3 is 25.4 Å². The van der Waals surface area contributed by atoms with Crippen LogP contribution in [0.25, 0.3) is 11.1 Å². The number of halogens is 2. The Labute approximate surface area is 207 Å². The van der Waals surface area contributed by atoms with E-state index < -0.39 is 0 Å². The molecule has 0 spiro atoms. The smallest absolute Gasteiger partial charge is 0.131 e. The zero-order valence-corrected chi connectivity index (χ0v) is 21.1. The van der Waals surface area contributed by atoms with Gasteiger partial charge in [-0.15, -0.1) is 0 Å². The molecule has 3 N–H and O–H groups in total. The van der Waals surface area contributed by atoms with Gasteiger partial charge in [-0.2, -0.15) is 0 Å². The minimum atomic E-state index is -0.311. The predicted octanol–water partition coefficient (Wildman–Crippen LogP) is 5.48. The Morgan fingerprint density at radius 2 is 1.85 bits per heavy atom. The average molecular weight is 491 g/mol. The maximum atomic E-state index is 14.8. The second-order valence-electron chi connectivity index (χ2n) is 9.70. The third-order valence-corrected chi connectivity index (χ3v) is 7.28. The number of hydrogen-bond donors (Lipinski definition) is 3. The minimum Gasteiger partial charge on any atom is -0.383 e. The van der Waals surface area contributed by atoms with Crippen LogP contribution in [-0.4, -0.2) is 56.1 Å². The molecule has 2 saturated carbocycles. The third-order valence-electron chi connectivity index (χ3n) is 6.98. The van der Waals surface area contributed by atoms with Gasteiger partial charge in [0.05, 0.1) is 17.2 Å². The van der Waals surface area contributed by atoms with Gasteiger partial charge in [0.25, 0.3) is 0 Å². The molecule has 34 heavy (non-hydrogen) atoms. The van der Waals surface area contributed by atoms with Crippen molar-refractivity contribution < 1.29 is 13.9 Å². The first-order valence-electron chi connectivity index (χ1n) is 12.2. The van der Waals surface area contributed by atoms with E-state index in [1.807, 2.05) is 12.1 Å². The Kier molecular flexibility index (Phi) is 8.30. The van der Waals surface area contributed by atoms with Crippen molar-refractivity contribution in [2.75, 3.05) is 38.0 Å². The van der Waals surface area contributed by atoms with Gasteiger partial charge in [0.1, 0.15) is 11.6 Å². The summed E-state index contributed by atoms with van der Waals surface area (Å²) in [5.74, 6) is 0.409. The number of aromatic nitrogens is 1. The van der Waals surface area contributed by atoms with Crippen molar-refractivity contribution in [2.45, 2.75) is 69.2 Å². The number of ether oxygens (including phenoxy) is 2. The van der Waals surface area contributed by atoms with Gasteiger partial charge in [0.15, 0.2) is 0 Å². The highest BCUT2D eigenvalue weighted by Crippen LogP contribution is 2.39. The highest BCUT2D eigenvalue weighted by Gasteiger charge is 2.42. The van der Waals surface area contributed by atoms with Crippen LogP contribution in [0.15, 0.2) is 30.5 Å². The van der Waals surface area contributed by atoms with Crippen LogP contribution in [0.4, 0.5) is 15.9 Å². The number of pyridine rings is 1. The molecule has 1 atom stereocenters. The maximum Gasteiger partial charge on any atom is 0.131 e. The molecular weight excluding hydrogens is 455 g/mol. The first-order chi connectivity index (χ1) is 16.4. The lowest BCUT2D eigenvalue weighted by Gasteiger charge is -2.32. The summed E-state index contributed by atoms with van der Waals surface area (Å²) in [6.45, 7) is 3.57. The highest BCUT2D eigenvalue weighted by atomic mass is 35.5. The highest BCUT2D eigenvalue weighted by molar-refractivity contribution is 6.33. The standard InChI is InChI=1S/C26H36ClFN4O2/c1-17(15-33-2)31-18-4-6-19(7-5-18)32-25-13-21(23(27)14-29-25)22-12-20(8-9-24(22)28)30-16-26(34-3)10-11-26/h8-9,12-14,17-19,30-31H,4-7,10-11,15-16H2,1-3H3,(H,29,32)/t17-,18?,19?/m1/s1. The van der Waals surface area contributed by atoms with Gasteiger partial charge >= 0.3 is 0 Å². The fourth-order valence-electron chi connectivity index (χ4n) is 4.74. The topological polar surface area (TPSA) is 67.4 Å². The van der Waals surface area contributed by atoms with E-state index in [2.05, 4.69) is 27.9 Å². The van der Waals surface area contributed by atoms with Crippen LogP contribution < -0.4 is 16.0 Å². The number of rotatable bonds is 11. The Morgan fingerprint density at radius 3 is 2.53 bits per heavy atom. The van der Waals surface area contributed by atoms with Crippen molar-refractivity contribution in [2.24, 2.45) is 0 Å².